The van der Waals surface area contributed by atoms with E-state index in [9.17, 15) is 9.59 Å². The molecule has 112 valence electrons. The van der Waals surface area contributed by atoms with Gasteiger partial charge >= 0.3 is 5.97 Å². The maximum Gasteiger partial charge on any atom is 0.310 e. The summed E-state index contributed by atoms with van der Waals surface area (Å²) >= 11 is 0. The molecule has 1 atom stereocenters. The summed E-state index contributed by atoms with van der Waals surface area (Å²) in [5.41, 5.74) is 6.90. The van der Waals surface area contributed by atoms with E-state index in [0.717, 1.165) is 5.56 Å². The van der Waals surface area contributed by atoms with Gasteiger partial charge in [-0.25, -0.2) is 0 Å². The SMILES string of the molecule is CCOC(=O)Cc1cccc(NC(=O)C(C)CN)c1.Cl. The Morgan fingerprint density at radius 3 is 2.70 bits per heavy atom. The number of nitrogens with one attached hydrogen (secondary N) is 1. The molecule has 1 aromatic carbocycles. The van der Waals surface area contributed by atoms with Gasteiger partial charge in [0.1, 0.15) is 0 Å². The summed E-state index contributed by atoms with van der Waals surface area (Å²) in [5, 5.41) is 2.77. The molecule has 1 rings (SSSR count). The molecule has 0 aromatic heterocycles. The van der Waals surface area contributed by atoms with Crippen LogP contribution in [-0.2, 0) is 20.7 Å². The lowest BCUT2D eigenvalue weighted by Gasteiger charge is -2.11. The predicted molar refractivity (Wildman–Crippen MR) is 80.9 cm³/mol. The van der Waals surface area contributed by atoms with Gasteiger partial charge in [-0.05, 0) is 24.6 Å². The third-order valence-electron chi connectivity index (χ3n) is 2.65. The van der Waals surface area contributed by atoms with Crippen LogP contribution >= 0.6 is 12.4 Å². The van der Waals surface area contributed by atoms with Crippen molar-refractivity contribution < 1.29 is 14.3 Å². The maximum atomic E-state index is 11.7. The largest absolute Gasteiger partial charge is 0.466 e. The van der Waals surface area contributed by atoms with E-state index in [1.54, 1.807) is 32.0 Å². The molecule has 0 aliphatic carbocycles. The van der Waals surface area contributed by atoms with Gasteiger partial charge in [0, 0.05) is 18.2 Å². The van der Waals surface area contributed by atoms with E-state index in [1.165, 1.54) is 0 Å². The summed E-state index contributed by atoms with van der Waals surface area (Å²) in [5.74, 6) is -0.647. The maximum absolute atomic E-state index is 11.7. The van der Waals surface area contributed by atoms with Gasteiger partial charge in [-0.15, -0.1) is 12.4 Å². The van der Waals surface area contributed by atoms with Crippen LogP contribution in [-0.4, -0.2) is 25.0 Å². The van der Waals surface area contributed by atoms with Crippen molar-refractivity contribution in [3.8, 4) is 0 Å². The number of benzene rings is 1. The number of anilines is 1. The lowest BCUT2D eigenvalue weighted by atomic mass is 10.1. The number of carbonyl (C=O) groups excluding carboxylic acids is 2. The summed E-state index contributed by atoms with van der Waals surface area (Å²) in [6.07, 6.45) is 0.198. The minimum Gasteiger partial charge on any atom is -0.466 e. The fourth-order valence-electron chi connectivity index (χ4n) is 1.51. The molecular formula is C14H21ClN2O3. The lowest BCUT2D eigenvalue weighted by Crippen LogP contribution is -2.26. The van der Waals surface area contributed by atoms with Crippen LogP contribution in [0.2, 0.25) is 0 Å². The van der Waals surface area contributed by atoms with Gasteiger partial charge in [-0.1, -0.05) is 19.1 Å². The normalized spacial score (nSPS) is 11.2. The van der Waals surface area contributed by atoms with Gasteiger partial charge in [0.25, 0.3) is 0 Å². The highest BCUT2D eigenvalue weighted by Gasteiger charge is 2.11. The van der Waals surface area contributed by atoms with Gasteiger partial charge in [0.15, 0.2) is 0 Å². The molecule has 5 nitrogen and oxygen atoms in total. The molecule has 0 fully saturated rings. The number of ether oxygens (including phenoxy) is 1. The number of amides is 1. The fraction of sp³-hybridized carbons (Fsp3) is 0.429. The van der Waals surface area contributed by atoms with E-state index in [2.05, 4.69) is 5.32 Å². The monoisotopic (exact) mass is 300 g/mol. The first-order valence-electron chi connectivity index (χ1n) is 6.32. The van der Waals surface area contributed by atoms with E-state index in [1.807, 2.05) is 6.07 Å². The van der Waals surface area contributed by atoms with Gasteiger partial charge < -0.3 is 15.8 Å². The Balaban J connectivity index is 0.00000361. The van der Waals surface area contributed by atoms with Gasteiger partial charge in [0.2, 0.25) is 5.91 Å². The Morgan fingerprint density at radius 2 is 2.10 bits per heavy atom. The van der Waals surface area contributed by atoms with Crippen molar-refractivity contribution in [2.75, 3.05) is 18.5 Å². The number of nitrogens with two attached hydrogens (primary N) is 1. The number of esters is 1. The van der Waals surface area contributed by atoms with Crippen LogP contribution in [0.4, 0.5) is 5.69 Å². The number of rotatable bonds is 6. The van der Waals surface area contributed by atoms with E-state index < -0.39 is 0 Å². The summed E-state index contributed by atoms with van der Waals surface area (Å²) in [6, 6.07) is 7.14. The Hall–Kier alpha value is -1.59. The molecule has 0 spiro atoms. The zero-order valence-electron chi connectivity index (χ0n) is 11.7. The molecule has 6 heteroatoms. The smallest absolute Gasteiger partial charge is 0.310 e. The molecule has 1 aromatic rings. The predicted octanol–water partition coefficient (Wildman–Crippen LogP) is 1.75. The number of carbonyl (C=O) groups is 2. The van der Waals surface area contributed by atoms with Crippen LogP contribution in [0.3, 0.4) is 0 Å². The molecule has 1 amide bonds. The van der Waals surface area contributed by atoms with Crippen molar-refractivity contribution in [3.05, 3.63) is 29.8 Å². The Morgan fingerprint density at radius 1 is 1.40 bits per heavy atom. The average Bonchev–Trinajstić information content (AvgIpc) is 2.38. The molecule has 3 N–H and O–H groups in total. The first-order valence-corrected chi connectivity index (χ1v) is 6.32. The van der Waals surface area contributed by atoms with Crippen LogP contribution in [0.5, 0.6) is 0 Å². The molecule has 0 saturated heterocycles. The molecule has 0 saturated carbocycles. The van der Waals surface area contributed by atoms with Crippen LogP contribution in [0, 0.1) is 5.92 Å². The molecule has 0 aliphatic rings. The molecule has 20 heavy (non-hydrogen) atoms. The number of hydrogen-bond donors (Lipinski definition) is 2. The van der Waals surface area contributed by atoms with E-state index in [-0.39, 0.29) is 36.6 Å². The fourth-order valence-corrected chi connectivity index (χ4v) is 1.51. The van der Waals surface area contributed by atoms with Gasteiger partial charge in [-0.3, -0.25) is 9.59 Å². The number of halogens is 1. The van der Waals surface area contributed by atoms with E-state index in [4.69, 9.17) is 10.5 Å². The summed E-state index contributed by atoms with van der Waals surface area (Å²) in [6.45, 7) is 4.19. The molecule has 0 radical (unpaired) electrons. The average molecular weight is 301 g/mol. The van der Waals surface area contributed by atoms with E-state index >= 15 is 0 Å². The van der Waals surface area contributed by atoms with Crippen molar-refractivity contribution in [1.29, 1.82) is 0 Å². The summed E-state index contributed by atoms with van der Waals surface area (Å²) in [4.78, 5) is 23.1. The quantitative estimate of drug-likeness (QED) is 0.784. The van der Waals surface area contributed by atoms with Crippen molar-refractivity contribution in [2.24, 2.45) is 11.7 Å². The Bertz CT molecular complexity index is 452. The minimum atomic E-state index is -0.277. The highest BCUT2D eigenvalue weighted by Crippen LogP contribution is 2.12. The van der Waals surface area contributed by atoms with Crippen LogP contribution in [0.25, 0.3) is 0 Å². The topological polar surface area (TPSA) is 81.4 Å². The van der Waals surface area contributed by atoms with E-state index in [0.29, 0.717) is 18.8 Å². The van der Waals surface area contributed by atoms with Crippen molar-refractivity contribution >= 4 is 30.0 Å². The third kappa shape index (κ3) is 6.04. The first-order chi connectivity index (χ1) is 9.06. The second-order valence-electron chi connectivity index (χ2n) is 4.31. The third-order valence-corrected chi connectivity index (χ3v) is 2.65. The highest BCUT2D eigenvalue weighted by molar-refractivity contribution is 5.92. The first kappa shape index (κ1) is 18.4. The van der Waals surface area contributed by atoms with Crippen molar-refractivity contribution in [2.45, 2.75) is 20.3 Å². The lowest BCUT2D eigenvalue weighted by molar-refractivity contribution is -0.142. The summed E-state index contributed by atoms with van der Waals surface area (Å²) in [7, 11) is 0. The second kappa shape index (κ2) is 9.34. The molecule has 0 aliphatic heterocycles. The van der Waals surface area contributed by atoms with Crippen LogP contribution < -0.4 is 11.1 Å². The summed E-state index contributed by atoms with van der Waals surface area (Å²) < 4.78 is 4.88. The molecule has 1 unspecified atom stereocenters. The van der Waals surface area contributed by atoms with Crippen molar-refractivity contribution in [1.82, 2.24) is 0 Å². The Kier molecular flexibility index (Phi) is 8.59. The zero-order chi connectivity index (χ0) is 14.3. The molecular weight excluding hydrogens is 280 g/mol. The highest BCUT2D eigenvalue weighted by atomic mass is 35.5. The molecule has 0 heterocycles. The zero-order valence-corrected chi connectivity index (χ0v) is 12.5. The number of hydrogen-bond acceptors (Lipinski definition) is 4. The van der Waals surface area contributed by atoms with Gasteiger partial charge in [-0.2, -0.15) is 0 Å². The molecule has 0 bridgehead atoms. The van der Waals surface area contributed by atoms with Crippen LogP contribution in [0.15, 0.2) is 24.3 Å². The van der Waals surface area contributed by atoms with Crippen molar-refractivity contribution in [3.63, 3.8) is 0 Å². The second-order valence-corrected chi connectivity index (χ2v) is 4.31. The standard InChI is InChI=1S/C14H20N2O3.ClH/c1-3-19-13(17)8-11-5-4-6-12(7-11)16-14(18)10(2)9-15;/h4-7,10H,3,8-9,15H2,1-2H3,(H,16,18);1H. The van der Waals surface area contributed by atoms with Crippen LogP contribution in [0.1, 0.15) is 19.4 Å². The Labute approximate surface area is 125 Å². The minimum absolute atomic E-state index is 0. The van der Waals surface area contributed by atoms with Gasteiger partial charge in [0.05, 0.1) is 13.0 Å².